The van der Waals surface area contributed by atoms with Crippen LogP contribution in [0.3, 0.4) is 0 Å². The van der Waals surface area contributed by atoms with Crippen molar-refractivity contribution in [3.05, 3.63) is 0 Å². The van der Waals surface area contributed by atoms with Crippen molar-refractivity contribution in [2.75, 3.05) is 19.8 Å². The lowest BCUT2D eigenvalue weighted by Gasteiger charge is -2.29. The molecule has 0 aromatic heterocycles. The summed E-state index contributed by atoms with van der Waals surface area (Å²) in [7, 11) is 0. The molecule has 0 spiro atoms. The Balaban J connectivity index is 2.30. The largest absolute Gasteiger partial charge is 0.370 e. The highest BCUT2D eigenvalue weighted by Gasteiger charge is 2.39. The van der Waals surface area contributed by atoms with Gasteiger partial charge in [-0.2, -0.15) is 5.26 Å². The molecule has 1 fully saturated rings. The second-order valence-electron chi connectivity index (χ2n) is 4.53. The Morgan fingerprint density at radius 2 is 2.00 bits per heavy atom. The van der Waals surface area contributed by atoms with Crippen molar-refractivity contribution in [3.63, 3.8) is 0 Å². The Hall–Kier alpha value is -1.61. The van der Waals surface area contributed by atoms with Crippen LogP contribution in [0.1, 0.15) is 32.1 Å². The number of amides is 2. The average molecular weight is 253 g/mol. The van der Waals surface area contributed by atoms with Gasteiger partial charge in [0.05, 0.1) is 12.7 Å². The highest BCUT2D eigenvalue weighted by molar-refractivity contribution is 5.85. The van der Waals surface area contributed by atoms with Crippen molar-refractivity contribution in [1.82, 2.24) is 5.32 Å². The van der Waals surface area contributed by atoms with Gasteiger partial charge in [-0.25, -0.2) is 0 Å². The Kier molecular flexibility index (Phi) is 5.59. The zero-order valence-corrected chi connectivity index (χ0v) is 10.4. The lowest BCUT2D eigenvalue weighted by Crippen LogP contribution is -2.42. The standard InChI is InChI=1S/C12H19N3O3/c13-9-12(4-2-1-3-5-12)11(17)15-6-7-18-8-10(14)16/h1-8H2,(H2,14,16)(H,15,17). The molecule has 18 heavy (non-hydrogen) atoms. The highest BCUT2D eigenvalue weighted by Crippen LogP contribution is 2.35. The SMILES string of the molecule is N#CC1(C(=O)NCCOCC(N)=O)CCCCC1. The van der Waals surface area contributed by atoms with E-state index in [9.17, 15) is 14.9 Å². The molecule has 0 aromatic rings. The number of nitrogens with one attached hydrogen (secondary N) is 1. The third-order valence-electron chi connectivity index (χ3n) is 3.13. The van der Waals surface area contributed by atoms with Crippen LogP contribution in [0.25, 0.3) is 0 Å². The fraction of sp³-hybridized carbons (Fsp3) is 0.750. The summed E-state index contributed by atoms with van der Waals surface area (Å²) in [5.41, 5.74) is 4.03. The van der Waals surface area contributed by atoms with Gasteiger partial charge in [0.2, 0.25) is 11.8 Å². The molecule has 1 rings (SSSR count). The minimum Gasteiger partial charge on any atom is -0.370 e. The van der Waals surface area contributed by atoms with E-state index in [2.05, 4.69) is 11.4 Å². The van der Waals surface area contributed by atoms with Crippen LogP contribution in [0.5, 0.6) is 0 Å². The number of nitrogens with zero attached hydrogens (tertiary/aromatic N) is 1. The maximum absolute atomic E-state index is 12.0. The smallest absolute Gasteiger partial charge is 0.243 e. The highest BCUT2D eigenvalue weighted by atomic mass is 16.5. The van der Waals surface area contributed by atoms with E-state index in [0.29, 0.717) is 12.8 Å². The molecule has 1 saturated carbocycles. The van der Waals surface area contributed by atoms with Gasteiger partial charge in [0.15, 0.2) is 0 Å². The van der Waals surface area contributed by atoms with E-state index in [1.54, 1.807) is 0 Å². The Bertz CT molecular complexity index is 343. The molecule has 6 nitrogen and oxygen atoms in total. The van der Waals surface area contributed by atoms with Crippen molar-refractivity contribution in [2.24, 2.45) is 11.1 Å². The van der Waals surface area contributed by atoms with Crippen LogP contribution in [0.2, 0.25) is 0 Å². The second-order valence-corrected chi connectivity index (χ2v) is 4.53. The average Bonchev–Trinajstić information content (AvgIpc) is 2.38. The number of nitriles is 1. The molecular formula is C12H19N3O3. The Labute approximate surface area is 106 Å². The van der Waals surface area contributed by atoms with Gasteiger partial charge in [-0.15, -0.1) is 0 Å². The number of hydrogen-bond acceptors (Lipinski definition) is 4. The zero-order chi connectivity index (χ0) is 13.4. The van der Waals surface area contributed by atoms with Gasteiger partial charge in [-0.05, 0) is 12.8 Å². The van der Waals surface area contributed by atoms with Crippen LogP contribution in [0, 0.1) is 16.7 Å². The van der Waals surface area contributed by atoms with Crippen molar-refractivity contribution >= 4 is 11.8 Å². The van der Waals surface area contributed by atoms with Gasteiger partial charge in [-0.1, -0.05) is 19.3 Å². The molecule has 0 saturated heterocycles. The number of nitrogens with two attached hydrogens (primary N) is 1. The van der Waals surface area contributed by atoms with Crippen molar-refractivity contribution in [1.29, 1.82) is 5.26 Å². The summed E-state index contributed by atoms with van der Waals surface area (Å²) in [4.78, 5) is 22.4. The van der Waals surface area contributed by atoms with Gasteiger partial charge in [-0.3, -0.25) is 9.59 Å². The molecular weight excluding hydrogens is 234 g/mol. The van der Waals surface area contributed by atoms with E-state index in [4.69, 9.17) is 10.5 Å². The van der Waals surface area contributed by atoms with E-state index < -0.39 is 11.3 Å². The summed E-state index contributed by atoms with van der Waals surface area (Å²) in [6.45, 7) is 0.352. The molecule has 6 heteroatoms. The van der Waals surface area contributed by atoms with Crippen LogP contribution in [0.4, 0.5) is 0 Å². The molecule has 0 aliphatic heterocycles. The lowest BCUT2D eigenvalue weighted by atomic mass is 9.74. The number of carbonyl (C=O) groups excluding carboxylic acids is 2. The zero-order valence-electron chi connectivity index (χ0n) is 10.4. The third-order valence-corrected chi connectivity index (χ3v) is 3.13. The van der Waals surface area contributed by atoms with Crippen LogP contribution in [-0.2, 0) is 14.3 Å². The van der Waals surface area contributed by atoms with Gasteiger partial charge in [0.1, 0.15) is 12.0 Å². The molecule has 0 unspecified atom stereocenters. The molecule has 0 aromatic carbocycles. The molecule has 0 atom stereocenters. The molecule has 1 aliphatic carbocycles. The summed E-state index contributed by atoms with van der Waals surface area (Å²) < 4.78 is 4.93. The Morgan fingerprint density at radius 3 is 2.56 bits per heavy atom. The minimum atomic E-state index is -0.873. The predicted molar refractivity (Wildman–Crippen MR) is 64.2 cm³/mol. The van der Waals surface area contributed by atoms with E-state index in [0.717, 1.165) is 19.3 Å². The first kappa shape index (κ1) is 14.5. The predicted octanol–water partition coefficient (Wildman–Crippen LogP) is 0.0786. The first-order chi connectivity index (χ1) is 8.60. The van der Waals surface area contributed by atoms with Crippen LogP contribution < -0.4 is 11.1 Å². The number of hydrogen-bond donors (Lipinski definition) is 2. The summed E-state index contributed by atoms with van der Waals surface area (Å²) in [5, 5.41) is 11.9. The lowest BCUT2D eigenvalue weighted by molar-refractivity contribution is -0.129. The quantitative estimate of drug-likeness (QED) is 0.654. The topological polar surface area (TPSA) is 105 Å². The molecule has 0 bridgehead atoms. The molecule has 100 valence electrons. The van der Waals surface area contributed by atoms with E-state index in [1.807, 2.05) is 0 Å². The summed E-state index contributed by atoms with van der Waals surface area (Å²) in [5.74, 6) is -0.769. The van der Waals surface area contributed by atoms with Crippen LogP contribution in [-0.4, -0.2) is 31.6 Å². The number of ether oxygens (including phenoxy) is 1. The normalized spacial score (nSPS) is 17.7. The molecule has 0 heterocycles. The molecule has 1 aliphatic rings. The van der Waals surface area contributed by atoms with Crippen LogP contribution in [0.15, 0.2) is 0 Å². The third kappa shape index (κ3) is 4.00. The van der Waals surface area contributed by atoms with Gasteiger partial charge >= 0.3 is 0 Å². The van der Waals surface area contributed by atoms with Gasteiger partial charge < -0.3 is 15.8 Å². The number of primary amides is 1. The Morgan fingerprint density at radius 1 is 1.33 bits per heavy atom. The van der Waals surface area contributed by atoms with Crippen molar-refractivity contribution in [3.8, 4) is 6.07 Å². The maximum Gasteiger partial charge on any atom is 0.243 e. The second kappa shape index (κ2) is 6.97. The molecule has 2 amide bonds. The fourth-order valence-corrected chi connectivity index (χ4v) is 2.12. The molecule has 3 N–H and O–H groups in total. The van der Waals surface area contributed by atoms with Gasteiger partial charge in [0, 0.05) is 6.54 Å². The minimum absolute atomic E-state index is 0.154. The van der Waals surface area contributed by atoms with E-state index in [-0.39, 0.29) is 25.7 Å². The van der Waals surface area contributed by atoms with Gasteiger partial charge in [0.25, 0.3) is 0 Å². The monoisotopic (exact) mass is 253 g/mol. The number of rotatable bonds is 6. The van der Waals surface area contributed by atoms with Crippen molar-refractivity contribution in [2.45, 2.75) is 32.1 Å². The summed E-state index contributed by atoms with van der Waals surface area (Å²) >= 11 is 0. The van der Waals surface area contributed by atoms with Crippen LogP contribution >= 0.6 is 0 Å². The van der Waals surface area contributed by atoms with Crippen molar-refractivity contribution < 1.29 is 14.3 Å². The van der Waals surface area contributed by atoms with E-state index in [1.165, 1.54) is 0 Å². The fourth-order valence-electron chi connectivity index (χ4n) is 2.12. The first-order valence-electron chi connectivity index (χ1n) is 6.16. The van der Waals surface area contributed by atoms with E-state index >= 15 is 0 Å². The summed E-state index contributed by atoms with van der Waals surface area (Å²) in [6.07, 6.45) is 4.16. The summed E-state index contributed by atoms with van der Waals surface area (Å²) in [6, 6.07) is 2.15. The molecule has 0 radical (unpaired) electrons. The number of carbonyl (C=O) groups is 2. The maximum atomic E-state index is 12.0. The first-order valence-corrected chi connectivity index (χ1v) is 6.16.